The second-order valence-corrected chi connectivity index (χ2v) is 7.14. The number of ether oxygens (including phenoxy) is 1. The smallest absolute Gasteiger partial charge is 0.273 e. The fourth-order valence-electron chi connectivity index (χ4n) is 3.41. The van der Waals surface area contributed by atoms with Gasteiger partial charge in [0.25, 0.3) is 5.91 Å². The molecule has 9 nitrogen and oxygen atoms in total. The van der Waals surface area contributed by atoms with Gasteiger partial charge < -0.3 is 19.0 Å². The number of aromatic nitrogens is 4. The minimum atomic E-state index is -0.321. The Hall–Kier alpha value is -4.66. The average molecular weight is 441 g/mol. The Kier molecular flexibility index (Phi) is 5.42. The number of rotatable bonds is 7. The molecule has 5 rings (SSSR count). The predicted molar refractivity (Wildman–Crippen MR) is 120 cm³/mol. The van der Waals surface area contributed by atoms with Crippen LogP contribution >= 0.6 is 0 Å². The summed E-state index contributed by atoms with van der Waals surface area (Å²) in [4.78, 5) is 17.3. The average Bonchev–Trinajstić information content (AvgIpc) is 3.61. The van der Waals surface area contributed by atoms with Gasteiger partial charge >= 0.3 is 0 Å². The topological polar surface area (TPSA) is 119 Å². The predicted octanol–water partition coefficient (Wildman–Crippen LogP) is 4.57. The number of benzene rings is 2. The zero-order chi connectivity index (χ0) is 22.6. The quantitative estimate of drug-likeness (QED) is 0.380. The van der Waals surface area contributed by atoms with Crippen molar-refractivity contribution < 1.29 is 18.5 Å². The van der Waals surface area contributed by atoms with E-state index in [0.717, 1.165) is 11.1 Å². The fraction of sp³-hybridized carbons (Fsp3) is 0.0833. The van der Waals surface area contributed by atoms with Crippen LogP contribution in [0.1, 0.15) is 21.9 Å². The van der Waals surface area contributed by atoms with Crippen LogP contribution in [0.2, 0.25) is 0 Å². The van der Waals surface area contributed by atoms with E-state index in [9.17, 15) is 4.79 Å². The van der Waals surface area contributed by atoms with E-state index in [-0.39, 0.29) is 5.91 Å². The summed E-state index contributed by atoms with van der Waals surface area (Å²) < 4.78 is 16.0. The summed E-state index contributed by atoms with van der Waals surface area (Å²) >= 11 is 0. The van der Waals surface area contributed by atoms with Crippen LogP contribution in [0, 0.1) is 0 Å². The van der Waals surface area contributed by atoms with Crippen molar-refractivity contribution in [2.24, 2.45) is 0 Å². The largest absolute Gasteiger partial charge is 0.496 e. The first-order valence-electron chi connectivity index (χ1n) is 10.2. The minimum Gasteiger partial charge on any atom is -0.496 e. The maximum atomic E-state index is 12.9. The van der Waals surface area contributed by atoms with Crippen molar-refractivity contribution in [1.29, 1.82) is 0 Å². The van der Waals surface area contributed by atoms with E-state index in [4.69, 9.17) is 13.7 Å². The van der Waals surface area contributed by atoms with Gasteiger partial charge in [-0.2, -0.15) is 10.1 Å². The number of carbonyl (C=O) groups excluding carboxylic acids is 1. The van der Waals surface area contributed by atoms with Crippen molar-refractivity contribution in [3.8, 4) is 28.6 Å². The molecule has 0 spiro atoms. The van der Waals surface area contributed by atoms with E-state index in [1.807, 2.05) is 48.5 Å². The Balaban J connectivity index is 1.33. The number of nitrogens with zero attached hydrogens (tertiary/aromatic N) is 3. The lowest BCUT2D eigenvalue weighted by atomic mass is 10.1. The van der Waals surface area contributed by atoms with E-state index in [2.05, 4.69) is 25.7 Å². The third-order valence-electron chi connectivity index (χ3n) is 5.02. The Morgan fingerprint density at radius 3 is 2.79 bits per heavy atom. The lowest BCUT2D eigenvalue weighted by Gasteiger charge is -2.08. The molecular formula is C24H19N5O4. The van der Waals surface area contributed by atoms with Gasteiger partial charge in [0.15, 0.2) is 5.76 Å². The third-order valence-corrected chi connectivity index (χ3v) is 5.02. The van der Waals surface area contributed by atoms with Crippen LogP contribution in [0.3, 0.4) is 0 Å². The number of furan rings is 1. The second-order valence-electron chi connectivity index (χ2n) is 7.14. The number of H-pyrrole nitrogens is 1. The zero-order valence-electron chi connectivity index (χ0n) is 17.6. The van der Waals surface area contributed by atoms with E-state index >= 15 is 0 Å². The molecule has 2 N–H and O–H groups in total. The number of carbonyl (C=O) groups is 1. The first-order chi connectivity index (χ1) is 16.2. The van der Waals surface area contributed by atoms with Gasteiger partial charge in [0.2, 0.25) is 11.7 Å². The maximum absolute atomic E-state index is 12.9. The first kappa shape index (κ1) is 20.3. The number of aromatic amines is 1. The summed E-state index contributed by atoms with van der Waals surface area (Å²) in [5.74, 6) is 1.66. The molecule has 0 fully saturated rings. The van der Waals surface area contributed by atoms with Crippen molar-refractivity contribution in [2.45, 2.75) is 6.42 Å². The Morgan fingerprint density at radius 1 is 1.09 bits per heavy atom. The Morgan fingerprint density at radius 2 is 1.94 bits per heavy atom. The second kappa shape index (κ2) is 8.83. The number of para-hydroxylation sites is 2. The summed E-state index contributed by atoms with van der Waals surface area (Å²) in [7, 11) is 1.59. The molecule has 0 unspecified atom stereocenters. The molecule has 0 bridgehead atoms. The van der Waals surface area contributed by atoms with Gasteiger partial charge in [0, 0.05) is 11.3 Å². The Labute approximate surface area is 188 Å². The molecule has 0 saturated carbocycles. The molecule has 33 heavy (non-hydrogen) atoms. The highest BCUT2D eigenvalue weighted by Crippen LogP contribution is 2.28. The standard InChI is InChI=1S/C24H19N5O4/c1-31-20-10-5-3-8-16(20)18-14-19(28-27-18)24(30)25-17-9-4-2-7-15(17)13-22-26-23(29-33-22)21-11-6-12-32-21/h2-12,14H,13H2,1H3,(H,25,30)(H,27,28). The van der Waals surface area contributed by atoms with Gasteiger partial charge in [0.05, 0.1) is 25.5 Å². The molecule has 5 aromatic rings. The number of methoxy groups -OCH3 is 1. The van der Waals surface area contributed by atoms with Crippen molar-refractivity contribution >= 4 is 11.6 Å². The minimum absolute atomic E-state index is 0.321. The number of hydrogen-bond donors (Lipinski definition) is 2. The summed E-state index contributed by atoms with van der Waals surface area (Å²) in [6.07, 6.45) is 1.89. The van der Waals surface area contributed by atoms with Crippen LogP contribution in [-0.4, -0.2) is 33.4 Å². The van der Waals surface area contributed by atoms with Crippen LogP contribution in [0.5, 0.6) is 5.75 Å². The molecule has 3 heterocycles. The van der Waals surface area contributed by atoms with Crippen LogP contribution < -0.4 is 10.1 Å². The lowest BCUT2D eigenvalue weighted by Crippen LogP contribution is -2.14. The van der Waals surface area contributed by atoms with Crippen molar-refractivity contribution in [1.82, 2.24) is 20.3 Å². The normalized spacial score (nSPS) is 10.8. The van der Waals surface area contributed by atoms with Gasteiger partial charge in [0.1, 0.15) is 11.4 Å². The van der Waals surface area contributed by atoms with Crippen LogP contribution in [-0.2, 0) is 6.42 Å². The number of anilines is 1. The van der Waals surface area contributed by atoms with Gasteiger partial charge in [-0.15, -0.1) is 0 Å². The molecule has 0 aliphatic rings. The molecular weight excluding hydrogens is 422 g/mol. The molecule has 1 amide bonds. The van der Waals surface area contributed by atoms with Gasteiger partial charge in [-0.1, -0.05) is 35.5 Å². The molecule has 2 aromatic carbocycles. The van der Waals surface area contributed by atoms with E-state index in [0.29, 0.717) is 46.7 Å². The lowest BCUT2D eigenvalue weighted by molar-refractivity contribution is 0.102. The summed E-state index contributed by atoms with van der Waals surface area (Å²) in [5, 5.41) is 13.9. The first-order valence-corrected chi connectivity index (χ1v) is 10.2. The summed E-state index contributed by atoms with van der Waals surface area (Å²) in [6.45, 7) is 0. The highest BCUT2D eigenvalue weighted by molar-refractivity contribution is 6.04. The van der Waals surface area contributed by atoms with Crippen molar-refractivity contribution in [2.75, 3.05) is 12.4 Å². The molecule has 0 saturated heterocycles. The van der Waals surface area contributed by atoms with Crippen molar-refractivity contribution in [3.63, 3.8) is 0 Å². The SMILES string of the molecule is COc1ccccc1-c1cc(C(=O)Nc2ccccc2Cc2nc(-c3ccco3)no2)[nH]n1. The van der Waals surface area contributed by atoms with Crippen LogP contribution in [0.25, 0.3) is 22.8 Å². The van der Waals surface area contributed by atoms with E-state index in [1.165, 1.54) is 0 Å². The third kappa shape index (κ3) is 4.24. The maximum Gasteiger partial charge on any atom is 0.273 e. The molecule has 0 aliphatic heterocycles. The molecule has 0 atom stereocenters. The monoisotopic (exact) mass is 441 g/mol. The number of amides is 1. The molecule has 0 aliphatic carbocycles. The summed E-state index contributed by atoms with van der Waals surface area (Å²) in [5.41, 5.74) is 3.18. The molecule has 0 radical (unpaired) electrons. The highest BCUT2D eigenvalue weighted by atomic mass is 16.5. The fourth-order valence-corrected chi connectivity index (χ4v) is 3.41. The van der Waals surface area contributed by atoms with E-state index in [1.54, 1.807) is 31.6 Å². The van der Waals surface area contributed by atoms with Gasteiger partial charge in [-0.3, -0.25) is 9.89 Å². The van der Waals surface area contributed by atoms with Gasteiger partial charge in [-0.05, 0) is 42.0 Å². The van der Waals surface area contributed by atoms with Crippen LogP contribution in [0.15, 0.2) is 81.9 Å². The highest BCUT2D eigenvalue weighted by Gasteiger charge is 2.17. The van der Waals surface area contributed by atoms with Crippen LogP contribution in [0.4, 0.5) is 5.69 Å². The molecule has 9 heteroatoms. The zero-order valence-corrected chi connectivity index (χ0v) is 17.6. The number of nitrogens with one attached hydrogen (secondary N) is 2. The van der Waals surface area contributed by atoms with E-state index < -0.39 is 0 Å². The van der Waals surface area contributed by atoms with Gasteiger partial charge in [-0.25, -0.2) is 0 Å². The molecule has 164 valence electrons. The summed E-state index contributed by atoms with van der Waals surface area (Å²) in [6, 6.07) is 20.1. The molecule has 3 aromatic heterocycles. The number of hydrogen-bond acceptors (Lipinski definition) is 7. The van der Waals surface area contributed by atoms with Crippen molar-refractivity contribution in [3.05, 3.63) is 90.1 Å². The Bertz CT molecular complexity index is 1390.